The van der Waals surface area contributed by atoms with Gasteiger partial charge in [-0.15, -0.1) is 0 Å². The molecule has 0 aromatic rings. The lowest BCUT2D eigenvalue weighted by Gasteiger charge is -2.60. The number of nitrogens with one attached hydrogen (secondary N) is 1. The minimum Gasteiger partial charge on any atom is -0.273 e. The van der Waals surface area contributed by atoms with Crippen molar-refractivity contribution >= 4 is 10.3 Å². The highest BCUT2D eigenvalue weighted by atomic mass is 32.2. The molecule has 2 N–H and O–H groups in total. The van der Waals surface area contributed by atoms with E-state index in [0.29, 0.717) is 17.9 Å². The van der Waals surface area contributed by atoms with Gasteiger partial charge in [0, 0.05) is 6.54 Å². The van der Waals surface area contributed by atoms with E-state index in [4.69, 9.17) is 4.55 Å². The van der Waals surface area contributed by atoms with Crippen LogP contribution in [0.15, 0.2) is 0 Å². The fourth-order valence-corrected chi connectivity index (χ4v) is 4.06. The number of rotatable bonds is 4. The summed E-state index contributed by atoms with van der Waals surface area (Å²) in [5.41, 5.74) is 0.445. The van der Waals surface area contributed by atoms with Gasteiger partial charge in [-0.25, -0.2) is 0 Å². The maximum Gasteiger partial charge on any atom is 0.333 e. The first-order valence-electron chi connectivity index (χ1n) is 6.03. The van der Waals surface area contributed by atoms with Crippen LogP contribution in [-0.2, 0) is 10.3 Å². The summed E-state index contributed by atoms with van der Waals surface area (Å²) in [6.45, 7) is 5.02. The monoisotopic (exact) mass is 247 g/mol. The van der Waals surface area contributed by atoms with Gasteiger partial charge >= 0.3 is 10.3 Å². The zero-order valence-electron chi connectivity index (χ0n) is 9.94. The van der Waals surface area contributed by atoms with Crippen LogP contribution in [0.3, 0.4) is 0 Å². The lowest BCUT2D eigenvalue weighted by molar-refractivity contribution is -0.106. The summed E-state index contributed by atoms with van der Waals surface area (Å²) in [7, 11) is -4.01. The van der Waals surface area contributed by atoms with Crippen molar-refractivity contribution < 1.29 is 13.0 Å². The minimum atomic E-state index is -4.01. The Labute approximate surface area is 97.7 Å². The largest absolute Gasteiger partial charge is 0.333 e. The molecule has 0 radical (unpaired) electrons. The van der Waals surface area contributed by atoms with Crippen LogP contribution >= 0.6 is 0 Å². The van der Waals surface area contributed by atoms with Gasteiger partial charge in [-0.2, -0.15) is 13.1 Å². The average Bonchev–Trinajstić information content (AvgIpc) is 2.15. The van der Waals surface area contributed by atoms with E-state index in [1.165, 1.54) is 19.3 Å². The third-order valence-corrected chi connectivity index (χ3v) is 5.37. The maximum atomic E-state index is 10.5. The fraction of sp³-hybridized carbons (Fsp3) is 1.00. The Hall–Kier alpha value is -0.130. The van der Waals surface area contributed by atoms with Crippen molar-refractivity contribution in [3.8, 4) is 0 Å². The molecular weight excluding hydrogens is 226 g/mol. The fourth-order valence-electron chi connectivity index (χ4n) is 3.68. The minimum absolute atomic E-state index is 0.362. The molecule has 5 heteroatoms. The van der Waals surface area contributed by atoms with E-state index in [-0.39, 0.29) is 0 Å². The number of hydrogen-bond acceptors (Lipinski definition) is 2. The molecule has 0 aromatic carbocycles. The van der Waals surface area contributed by atoms with Crippen LogP contribution in [0.1, 0.15) is 39.5 Å². The summed E-state index contributed by atoms with van der Waals surface area (Å²) in [5.74, 6) is 2.24. The van der Waals surface area contributed by atoms with Crippen LogP contribution in [0, 0.1) is 23.2 Å². The molecule has 3 atom stereocenters. The van der Waals surface area contributed by atoms with Crippen molar-refractivity contribution in [3.63, 3.8) is 0 Å². The van der Waals surface area contributed by atoms with Gasteiger partial charge in [0.15, 0.2) is 0 Å². The van der Waals surface area contributed by atoms with Crippen LogP contribution in [0.5, 0.6) is 0 Å². The second kappa shape index (κ2) is 3.96. The summed E-state index contributed by atoms with van der Waals surface area (Å²) < 4.78 is 31.8. The Kier molecular flexibility index (Phi) is 3.05. The predicted molar refractivity (Wildman–Crippen MR) is 62.3 cm³/mol. The van der Waals surface area contributed by atoms with Gasteiger partial charge in [0.2, 0.25) is 0 Å². The van der Waals surface area contributed by atoms with E-state index in [2.05, 4.69) is 18.6 Å². The van der Waals surface area contributed by atoms with E-state index in [0.717, 1.165) is 18.3 Å². The standard InChI is InChI=1S/C11H21NO3S/c1-11(2)9-4-3-8(10(11)7-9)5-6-12-16(13,14)15/h8-10,12H,3-7H2,1-2H3,(H,13,14,15)/t8-,9-,10-/m0/s1. The van der Waals surface area contributed by atoms with Gasteiger partial charge in [0.05, 0.1) is 0 Å². The van der Waals surface area contributed by atoms with Crippen molar-refractivity contribution in [1.29, 1.82) is 0 Å². The third-order valence-electron chi connectivity index (χ3n) is 4.80. The van der Waals surface area contributed by atoms with Gasteiger partial charge < -0.3 is 0 Å². The Bertz CT molecular complexity index is 361. The first-order chi connectivity index (χ1) is 7.31. The van der Waals surface area contributed by atoms with Gasteiger partial charge in [-0.1, -0.05) is 13.8 Å². The highest BCUT2D eigenvalue weighted by Crippen LogP contribution is 2.61. The van der Waals surface area contributed by atoms with Gasteiger partial charge in [-0.05, 0) is 48.9 Å². The van der Waals surface area contributed by atoms with Crippen LogP contribution in [0.2, 0.25) is 0 Å². The second-order valence-electron chi connectivity index (χ2n) is 5.86. The Morgan fingerprint density at radius 1 is 1.38 bits per heavy atom. The highest BCUT2D eigenvalue weighted by molar-refractivity contribution is 7.83. The van der Waals surface area contributed by atoms with E-state index < -0.39 is 10.3 Å². The van der Waals surface area contributed by atoms with Gasteiger partial charge in [0.1, 0.15) is 0 Å². The van der Waals surface area contributed by atoms with E-state index in [1.54, 1.807) is 0 Å². The molecule has 0 aromatic heterocycles. The van der Waals surface area contributed by atoms with Crippen molar-refractivity contribution in [3.05, 3.63) is 0 Å². The molecule has 0 amide bonds. The molecule has 3 rings (SSSR count). The molecule has 2 bridgehead atoms. The SMILES string of the molecule is CC1(C)[C@H]2CC[C@@H](CCNS(=O)(=O)O)[C@@H]1C2. The summed E-state index contributed by atoms with van der Waals surface area (Å²) in [4.78, 5) is 0. The smallest absolute Gasteiger partial charge is 0.273 e. The van der Waals surface area contributed by atoms with Crippen LogP contribution in [0.4, 0.5) is 0 Å². The zero-order valence-corrected chi connectivity index (χ0v) is 10.8. The van der Waals surface area contributed by atoms with Crippen LogP contribution in [-0.4, -0.2) is 19.5 Å². The first-order valence-corrected chi connectivity index (χ1v) is 7.47. The van der Waals surface area contributed by atoms with Crippen LogP contribution in [0.25, 0.3) is 0 Å². The molecule has 4 nitrogen and oxygen atoms in total. The molecule has 3 aliphatic carbocycles. The van der Waals surface area contributed by atoms with Crippen molar-refractivity contribution in [1.82, 2.24) is 4.72 Å². The molecule has 3 saturated carbocycles. The van der Waals surface area contributed by atoms with Gasteiger partial charge in [0.25, 0.3) is 0 Å². The van der Waals surface area contributed by atoms with Crippen molar-refractivity contribution in [2.45, 2.75) is 39.5 Å². The maximum absolute atomic E-state index is 10.5. The lowest BCUT2D eigenvalue weighted by atomic mass is 9.45. The second-order valence-corrected chi connectivity index (χ2v) is 7.09. The summed E-state index contributed by atoms with van der Waals surface area (Å²) in [6, 6.07) is 0. The number of fused-ring (bicyclic) bond motifs is 2. The molecule has 0 unspecified atom stereocenters. The number of hydrogen-bond donors (Lipinski definition) is 2. The summed E-state index contributed by atoms with van der Waals surface area (Å²) in [6.07, 6.45) is 4.65. The van der Waals surface area contributed by atoms with Crippen molar-refractivity contribution in [2.75, 3.05) is 6.54 Å². The Balaban J connectivity index is 1.83. The Morgan fingerprint density at radius 3 is 2.56 bits per heavy atom. The zero-order chi connectivity index (χ0) is 12.0. The van der Waals surface area contributed by atoms with Gasteiger partial charge in [-0.3, -0.25) is 4.55 Å². The molecule has 0 aliphatic heterocycles. The molecule has 0 heterocycles. The third kappa shape index (κ3) is 2.26. The summed E-state index contributed by atoms with van der Waals surface area (Å²) >= 11 is 0. The molecule has 16 heavy (non-hydrogen) atoms. The lowest BCUT2D eigenvalue weighted by Crippen LogP contribution is -2.52. The molecule has 0 spiro atoms. The molecule has 3 fully saturated rings. The van der Waals surface area contributed by atoms with E-state index >= 15 is 0 Å². The first kappa shape index (κ1) is 12.3. The van der Waals surface area contributed by atoms with Crippen molar-refractivity contribution in [2.24, 2.45) is 23.2 Å². The van der Waals surface area contributed by atoms with E-state index in [1.807, 2.05) is 0 Å². The molecule has 0 saturated heterocycles. The Morgan fingerprint density at radius 2 is 2.06 bits per heavy atom. The molecule has 3 aliphatic rings. The molecule has 94 valence electrons. The quantitative estimate of drug-likeness (QED) is 0.745. The summed E-state index contributed by atoms with van der Waals surface area (Å²) in [5, 5.41) is 0. The highest BCUT2D eigenvalue weighted by Gasteiger charge is 2.53. The van der Waals surface area contributed by atoms with Crippen LogP contribution < -0.4 is 4.72 Å². The average molecular weight is 247 g/mol. The van der Waals surface area contributed by atoms with E-state index in [9.17, 15) is 8.42 Å². The molecular formula is C11H21NO3S. The topological polar surface area (TPSA) is 66.4 Å². The normalized spacial score (nSPS) is 36.8. The predicted octanol–water partition coefficient (Wildman–Crippen LogP) is 1.84.